The van der Waals surface area contributed by atoms with Crippen LogP contribution in [0.4, 0.5) is 10.3 Å². The summed E-state index contributed by atoms with van der Waals surface area (Å²) >= 11 is 5.87. The maximum absolute atomic E-state index is 14.1. The zero-order valence-electron chi connectivity index (χ0n) is 17.7. The molecule has 1 spiro atoms. The van der Waals surface area contributed by atoms with Crippen molar-refractivity contribution in [3.8, 4) is 5.75 Å². The van der Waals surface area contributed by atoms with Gasteiger partial charge in [-0.05, 0) is 55.1 Å². The van der Waals surface area contributed by atoms with Gasteiger partial charge in [0.05, 0.1) is 37.6 Å². The second-order valence-electron chi connectivity index (χ2n) is 8.45. The first-order valence-electron chi connectivity index (χ1n) is 10.7. The van der Waals surface area contributed by atoms with Crippen molar-refractivity contribution in [1.29, 1.82) is 0 Å². The Morgan fingerprint density at radius 1 is 1.29 bits per heavy atom. The van der Waals surface area contributed by atoms with E-state index in [2.05, 4.69) is 19.6 Å². The molecule has 1 unspecified atom stereocenters. The first-order valence-corrected chi connectivity index (χ1v) is 11.1. The molecule has 6 nitrogen and oxygen atoms in total. The number of rotatable bonds is 8. The Bertz CT molecular complexity index is 917. The second-order valence-corrected chi connectivity index (χ2v) is 8.89. The lowest BCUT2D eigenvalue weighted by atomic mass is 9.90. The molecule has 166 valence electrons. The number of carbonyl (C=O) groups excluding carboxylic acids is 1. The third-order valence-corrected chi connectivity index (χ3v) is 6.76. The molecule has 2 aliphatic rings. The van der Waals surface area contributed by atoms with Crippen LogP contribution in [-0.4, -0.2) is 42.7 Å². The number of hydrogen-bond donors (Lipinski definition) is 0. The second kappa shape index (κ2) is 9.39. The third-order valence-electron chi connectivity index (χ3n) is 6.56. The van der Waals surface area contributed by atoms with E-state index in [1.807, 2.05) is 0 Å². The number of benzene rings is 1. The topological polar surface area (TPSA) is 64.6 Å². The van der Waals surface area contributed by atoms with E-state index in [-0.39, 0.29) is 6.42 Å². The van der Waals surface area contributed by atoms with Gasteiger partial charge in [0.25, 0.3) is 0 Å². The van der Waals surface area contributed by atoms with Gasteiger partial charge in [0, 0.05) is 19.2 Å². The molecule has 1 saturated heterocycles. The van der Waals surface area contributed by atoms with Gasteiger partial charge in [-0.3, -0.25) is 4.79 Å². The van der Waals surface area contributed by atoms with E-state index < -0.39 is 11.8 Å². The molecule has 0 radical (unpaired) electrons. The van der Waals surface area contributed by atoms with Crippen LogP contribution in [0.5, 0.6) is 5.75 Å². The molecule has 1 atom stereocenters. The summed E-state index contributed by atoms with van der Waals surface area (Å²) in [4.78, 5) is 22.2. The lowest BCUT2D eigenvalue weighted by molar-refractivity contribution is -0.139. The number of esters is 1. The number of anilines is 1. The molecule has 1 saturated carbocycles. The van der Waals surface area contributed by atoms with E-state index in [0.29, 0.717) is 28.4 Å². The van der Waals surface area contributed by atoms with Gasteiger partial charge in [-0.25, -0.2) is 14.4 Å². The molecule has 1 aromatic heterocycles. The van der Waals surface area contributed by atoms with Crippen LogP contribution in [0.15, 0.2) is 30.6 Å². The average Bonchev–Trinajstić information content (AvgIpc) is 3.45. The van der Waals surface area contributed by atoms with Crippen molar-refractivity contribution in [2.45, 2.75) is 38.5 Å². The van der Waals surface area contributed by atoms with Gasteiger partial charge < -0.3 is 14.4 Å². The van der Waals surface area contributed by atoms with Gasteiger partial charge >= 0.3 is 5.97 Å². The van der Waals surface area contributed by atoms with Crippen LogP contribution in [0, 0.1) is 17.2 Å². The smallest absolute Gasteiger partial charge is 0.310 e. The van der Waals surface area contributed by atoms with Gasteiger partial charge in [-0.15, -0.1) is 0 Å². The summed E-state index contributed by atoms with van der Waals surface area (Å²) in [5.41, 5.74) is 0.777. The van der Waals surface area contributed by atoms with E-state index in [0.717, 1.165) is 50.6 Å². The number of methoxy groups -OCH3 is 1. The predicted octanol–water partition coefficient (Wildman–Crippen LogP) is 4.45. The average molecular weight is 448 g/mol. The number of aromatic nitrogens is 2. The zero-order chi connectivity index (χ0) is 21.8. The Labute approximate surface area is 186 Å². The number of nitrogens with zero attached hydrogens (tertiary/aromatic N) is 3. The van der Waals surface area contributed by atoms with Crippen LogP contribution in [0.2, 0.25) is 5.02 Å². The molecule has 31 heavy (non-hydrogen) atoms. The Hall–Kier alpha value is -2.41. The third kappa shape index (κ3) is 5.26. The van der Waals surface area contributed by atoms with Crippen LogP contribution in [0.1, 0.15) is 37.7 Å². The van der Waals surface area contributed by atoms with Gasteiger partial charge in [0.1, 0.15) is 11.6 Å². The summed E-state index contributed by atoms with van der Waals surface area (Å²) in [6.45, 7) is 2.52. The van der Waals surface area contributed by atoms with Crippen molar-refractivity contribution in [3.05, 3.63) is 47.0 Å². The molecule has 1 aliphatic heterocycles. The fourth-order valence-corrected chi connectivity index (χ4v) is 4.68. The molecule has 0 N–H and O–H groups in total. The van der Waals surface area contributed by atoms with Crippen molar-refractivity contribution in [2.75, 3.05) is 31.7 Å². The molecular weight excluding hydrogens is 421 g/mol. The molecule has 2 aromatic rings. The van der Waals surface area contributed by atoms with E-state index in [1.54, 1.807) is 24.5 Å². The van der Waals surface area contributed by atoms with Crippen LogP contribution in [0.25, 0.3) is 0 Å². The summed E-state index contributed by atoms with van der Waals surface area (Å²) in [5.74, 6) is 1.09. The Kier molecular flexibility index (Phi) is 6.60. The number of hydrogen-bond acceptors (Lipinski definition) is 6. The van der Waals surface area contributed by atoms with E-state index in [4.69, 9.17) is 16.3 Å². The Morgan fingerprint density at radius 3 is 2.71 bits per heavy atom. The summed E-state index contributed by atoms with van der Waals surface area (Å²) in [5, 5.41) is 0.557. The largest absolute Gasteiger partial charge is 0.493 e. The Balaban J connectivity index is 1.17. The minimum absolute atomic E-state index is 0.0754. The predicted molar refractivity (Wildman–Crippen MR) is 116 cm³/mol. The number of halogens is 2. The van der Waals surface area contributed by atoms with Crippen molar-refractivity contribution in [3.63, 3.8) is 0 Å². The first-order chi connectivity index (χ1) is 15.0. The van der Waals surface area contributed by atoms with E-state index in [9.17, 15) is 9.18 Å². The van der Waals surface area contributed by atoms with Crippen molar-refractivity contribution >= 4 is 23.5 Å². The summed E-state index contributed by atoms with van der Waals surface area (Å²) < 4.78 is 24.4. The normalized spacial score (nSPS) is 19.3. The maximum Gasteiger partial charge on any atom is 0.310 e. The molecule has 1 aliphatic carbocycles. The quantitative estimate of drug-likeness (QED) is 0.440. The maximum atomic E-state index is 14.1. The van der Waals surface area contributed by atoms with Crippen molar-refractivity contribution in [1.82, 2.24) is 9.97 Å². The molecule has 0 bridgehead atoms. The van der Waals surface area contributed by atoms with Gasteiger partial charge in [0.15, 0.2) is 0 Å². The van der Waals surface area contributed by atoms with Crippen molar-refractivity contribution in [2.24, 2.45) is 11.3 Å². The monoisotopic (exact) mass is 447 g/mol. The fourth-order valence-electron chi connectivity index (χ4n) is 4.58. The van der Waals surface area contributed by atoms with Crippen LogP contribution in [-0.2, 0) is 16.0 Å². The highest BCUT2D eigenvalue weighted by Gasteiger charge is 2.54. The van der Waals surface area contributed by atoms with Gasteiger partial charge in [0.2, 0.25) is 5.95 Å². The van der Waals surface area contributed by atoms with Crippen LogP contribution >= 0.6 is 11.6 Å². The highest BCUT2D eigenvalue weighted by molar-refractivity contribution is 6.30. The van der Waals surface area contributed by atoms with Crippen LogP contribution in [0.3, 0.4) is 0 Å². The van der Waals surface area contributed by atoms with E-state index >= 15 is 0 Å². The fraction of sp³-hybridized carbons (Fsp3) is 0.522. The summed E-state index contributed by atoms with van der Waals surface area (Å²) in [7, 11) is 1.29. The first kappa shape index (κ1) is 21.8. The molecular formula is C23H27ClFN3O3. The minimum atomic E-state index is -0.461. The summed E-state index contributed by atoms with van der Waals surface area (Å²) in [6.07, 6.45) is 8.89. The van der Waals surface area contributed by atoms with Crippen molar-refractivity contribution < 1.29 is 18.7 Å². The minimum Gasteiger partial charge on any atom is -0.493 e. The number of ether oxygens (including phenoxy) is 2. The SMILES string of the molecule is COC(=O)Cc1ccc(OCCCC2CC23CCN(c2ncc(Cl)cn2)CC3)cc1F. The standard InChI is InChI=1S/C23H27ClFN3O3/c1-30-21(29)11-16-4-5-19(12-20(16)25)31-10-2-3-17-13-23(17)6-8-28(9-7-23)22-26-14-18(24)15-27-22/h4-5,12,14-15,17H,2-3,6-11,13H2,1H3. The lowest BCUT2D eigenvalue weighted by Gasteiger charge is -2.33. The van der Waals surface area contributed by atoms with Gasteiger partial charge in [-0.1, -0.05) is 17.7 Å². The Morgan fingerprint density at radius 2 is 2.03 bits per heavy atom. The molecule has 2 fully saturated rings. The molecule has 8 heteroatoms. The number of piperidine rings is 1. The lowest BCUT2D eigenvalue weighted by Crippen LogP contribution is -2.36. The highest BCUT2D eigenvalue weighted by atomic mass is 35.5. The molecule has 2 heterocycles. The van der Waals surface area contributed by atoms with Gasteiger partial charge in [-0.2, -0.15) is 0 Å². The van der Waals surface area contributed by atoms with Crippen LogP contribution < -0.4 is 9.64 Å². The van der Waals surface area contributed by atoms with E-state index in [1.165, 1.54) is 19.6 Å². The zero-order valence-corrected chi connectivity index (χ0v) is 18.4. The number of carbonyl (C=O) groups is 1. The highest BCUT2D eigenvalue weighted by Crippen LogP contribution is 2.61. The molecule has 1 aromatic carbocycles. The summed E-state index contributed by atoms with van der Waals surface area (Å²) in [6, 6.07) is 4.62. The molecule has 0 amide bonds. The molecule has 4 rings (SSSR count).